The van der Waals surface area contributed by atoms with E-state index < -0.39 is 63.7 Å². The van der Waals surface area contributed by atoms with E-state index in [0.29, 0.717) is 0 Å². The molecule has 0 aliphatic carbocycles. The third kappa shape index (κ3) is 4.06. The van der Waals surface area contributed by atoms with Crippen molar-refractivity contribution in [1.29, 1.82) is 0 Å². The molecule has 0 aromatic heterocycles. The van der Waals surface area contributed by atoms with Gasteiger partial charge in [-0.3, -0.25) is 4.55 Å². The van der Waals surface area contributed by atoms with Crippen molar-refractivity contribution in [2.45, 2.75) is 53.6 Å². The van der Waals surface area contributed by atoms with Crippen molar-refractivity contribution in [1.82, 2.24) is 0 Å². The van der Waals surface area contributed by atoms with E-state index >= 15 is 0 Å². The van der Waals surface area contributed by atoms with E-state index in [2.05, 4.69) is 0 Å². The van der Waals surface area contributed by atoms with Crippen LogP contribution in [0.2, 0.25) is 0 Å². The second-order valence-corrected chi connectivity index (χ2v) is 6.82. The van der Waals surface area contributed by atoms with E-state index in [1.165, 1.54) is 0 Å². The van der Waals surface area contributed by atoms with E-state index in [4.69, 9.17) is 9.66 Å². The Morgan fingerprint density at radius 2 is 0.862 bits per heavy atom. The average molecular weight is 494 g/mol. The molecule has 2 N–H and O–H groups in total. The fourth-order valence-corrected chi connectivity index (χ4v) is 1.87. The molecule has 0 fully saturated rings. The monoisotopic (exact) mass is 494 g/mol. The number of aliphatic hydroxyl groups excluding tert-OH is 1. The molecule has 0 saturated heterocycles. The standard InChI is InChI=1S/C9H5F15O4S/c10-3(11,1-2(25)29(26,27)28)4(12,13)5(14,15)6(16,17)7(18,19)8(20,21)9(22,23)24/h2,25H,1H2,(H,26,27,28). The summed E-state index contributed by atoms with van der Waals surface area (Å²) in [5, 5.41) is 8.45. The van der Waals surface area contributed by atoms with Crippen molar-refractivity contribution in [3.8, 4) is 0 Å². The van der Waals surface area contributed by atoms with Crippen molar-refractivity contribution in [3.05, 3.63) is 0 Å². The Bertz CT molecular complexity index is 710. The molecule has 0 aromatic carbocycles. The largest absolute Gasteiger partial charge is 0.460 e. The molecule has 29 heavy (non-hydrogen) atoms. The molecule has 0 aromatic rings. The van der Waals surface area contributed by atoms with Gasteiger partial charge >= 0.3 is 41.7 Å². The van der Waals surface area contributed by atoms with Gasteiger partial charge in [0.2, 0.25) is 0 Å². The molecule has 0 heterocycles. The number of hydrogen-bond donors (Lipinski definition) is 2. The number of hydrogen-bond acceptors (Lipinski definition) is 3. The molecule has 0 spiro atoms. The Labute approximate surface area is 149 Å². The van der Waals surface area contributed by atoms with Crippen molar-refractivity contribution >= 4 is 10.1 Å². The van der Waals surface area contributed by atoms with Crippen molar-refractivity contribution in [3.63, 3.8) is 0 Å². The Kier molecular flexibility index (Phi) is 6.64. The molecule has 1 atom stereocenters. The molecule has 20 heteroatoms. The summed E-state index contributed by atoms with van der Waals surface area (Å²) in [5.74, 6) is -48.4. The first kappa shape index (κ1) is 27.8. The molecule has 176 valence electrons. The minimum atomic E-state index is -8.52. The van der Waals surface area contributed by atoms with Crippen molar-refractivity contribution in [2.75, 3.05) is 0 Å². The number of rotatable bonds is 8. The first-order valence-corrected chi connectivity index (χ1v) is 7.61. The lowest BCUT2D eigenvalue weighted by Gasteiger charge is -2.41. The van der Waals surface area contributed by atoms with E-state index in [0.717, 1.165) is 0 Å². The first-order valence-electron chi connectivity index (χ1n) is 6.11. The van der Waals surface area contributed by atoms with Crippen LogP contribution in [0.25, 0.3) is 0 Å². The zero-order valence-electron chi connectivity index (χ0n) is 12.6. The summed E-state index contributed by atoms with van der Waals surface area (Å²) in [7, 11) is -6.16. The topological polar surface area (TPSA) is 74.6 Å². The van der Waals surface area contributed by atoms with Gasteiger partial charge in [0.25, 0.3) is 10.1 Å². The minimum Gasteiger partial charge on any atom is -0.375 e. The van der Waals surface area contributed by atoms with Gasteiger partial charge in [-0.25, -0.2) is 0 Å². The van der Waals surface area contributed by atoms with Crippen LogP contribution in [0.15, 0.2) is 0 Å². The molecule has 0 bridgehead atoms. The molecule has 0 amide bonds. The van der Waals surface area contributed by atoms with Gasteiger partial charge in [-0.1, -0.05) is 0 Å². The second kappa shape index (κ2) is 6.92. The summed E-state index contributed by atoms with van der Waals surface area (Å²) in [5.41, 5.74) is -4.11. The quantitative estimate of drug-likeness (QED) is 0.396. The van der Waals surface area contributed by atoms with Gasteiger partial charge in [0.1, 0.15) is 0 Å². The Morgan fingerprint density at radius 1 is 0.586 bits per heavy atom. The fourth-order valence-electron chi connectivity index (χ4n) is 1.45. The lowest BCUT2D eigenvalue weighted by atomic mass is 9.90. The summed E-state index contributed by atoms with van der Waals surface area (Å²) in [6, 6.07) is 0. The van der Waals surface area contributed by atoms with Crippen LogP contribution < -0.4 is 0 Å². The number of halogens is 15. The highest BCUT2D eigenvalue weighted by atomic mass is 32.2. The van der Waals surface area contributed by atoms with Crippen LogP contribution in [-0.2, 0) is 10.1 Å². The molecule has 4 nitrogen and oxygen atoms in total. The van der Waals surface area contributed by atoms with Gasteiger partial charge < -0.3 is 5.11 Å². The smallest absolute Gasteiger partial charge is 0.375 e. The molecule has 0 aliphatic rings. The normalized spacial score (nSPS) is 17.4. The van der Waals surface area contributed by atoms with E-state index in [-0.39, 0.29) is 0 Å². The van der Waals surface area contributed by atoms with E-state index in [1.807, 2.05) is 0 Å². The maximum absolute atomic E-state index is 13.2. The van der Waals surface area contributed by atoms with Crippen LogP contribution in [0.4, 0.5) is 65.9 Å². The summed E-state index contributed by atoms with van der Waals surface area (Å²) < 4.78 is 220. The van der Waals surface area contributed by atoms with E-state index in [9.17, 15) is 74.3 Å². The molecule has 0 saturated carbocycles. The lowest BCUT2D eigenvalue weighted by molar-refractivity contribution is -0.452. The zero-order valence-corrected chi connectivity index (χ0v) is 13.4. The maximum atomic E-state index is 13.2. The highest BCUT2D eigenvalue weighted by Crippen LogP contribution is 2.62. The van der Waals surface area contributed by atoms with Crippen LogP contribution in [0.3, 0.4) is 0 Å². The van der Waals surface area contributed by atoms with E-state index in [1.54, 1.807) is 0 Å². The summed E-state index contributed by atoms with van der Waals surface area (Å²) in [6.45, 7) is 0. The van der Waals surface area contributed by atoms with Gasteiger partial charge in [0.15, 0.2) is 5.44 Å². The summed E-state index contributed by atoms with van der Waals surface area (Å²) in [6.07, 6.45) is -11.3. The van der Waals surface area contributed by atoms with Gasteiger partial charge in [-0.05, 0) is 0 Å². The third-order valence-electron chi connectivity index (χ3n) is 3.17. The van der Waals surface area contributed by atoms with Crippen molar-refractivity contribution < 1.29 is 83.9 Å². The van der Waals surface area contributed by atoms with Crippen LogP contribution in [0.1, 0.15) is 6.42 Å². The second-order valence-electron chi connectivity index (χ2n) is 5.25. The Hall–Kier alpha value is -1.18. The lowest BCUT2D eigenvalue weighted by Crippen LogP contribution is -2.72. The van der Waals surface area contributed by atoms with Crippen LogP contribution in [0.5, 0.6) is 0 Å². The summed E-state index contributed by atoms with van der Waals surface area (Å²) >= 11 is 0. The highest BCUT2D eigenvalue weighted by molar-refractivity contribution is 7.86. The number of alkyl halides is 15. The molecule has 0 rings (SSSR count). The maximum Gasteiger partial charge on any atom is 0.460 e. The molecule has 0 aliphatic heterocycles. The average Bonchev–Trinajstić information content (AvgIpc) is 2.43. The molecule has 1 unspecified atom stereocenters. The van der Waals surface area contributed by atoms with Gasteiger partial charge in [-0.2, -0.15) is 74.3 Å². The summed E-state index contributed by atoms with van der Waals surface area (Å²) in [4.78, 5) is 0. The van der Waals surface area contributed by atoms with Gasteiger partial charge in [-0.15, -0.1) is 0 Å². The van der Waals surface area contributed by atoms with Crippen molar-refractivity contribution in [2.24, 2.45) is 0 Å². The Balaban J connectivity index is 6.50. The predicted octanol–water partition coefficient (Wildman–Crippen LogP) is 3.96. The third-order valence-corrected chi connectivity index (χ3v) is 4.02. The highest BCUT2D eigenvalue weighted by Gasteiger charge is 2.93. The molecular weight excluding hydrogens is 489 g/mol. The van der Waals surface area contributed by atoms with Gasteiger partial charge in [0, 0.05) is 0 Å². The zero-order chi connectivity index (χ0) is 24.3. The Morgan fingerprint density at radius 3 is 1.14 bits per heavy atom. The van der Waals surface area contributed by atoms with Crippen LogP contribution in [-0.4, -0.2) is 65.2 Å². The first-order chi connectivity index (χ1) is 12.1. The fraction of sp³-hybridized carbons (Fsp3) is 1.00. The number of aliphatic hydroxyl groups is 1. The SMILES string of the molecule is O=S(=O)(O)C(O)CC(F)(F)C(F)(F)C(F)(F)C(F)(F)C(F)(F)C(F)(F)C(F)(F)F. The predicted molar refractivity (Wildman–Crippen MR) is 57.9 cm³/mol. The van der Waals surface area contributed by atoms with Crippen LogP contribution >= 0.6 is 0 Å². The van der Waals surface area contributed by atoms with Gasteiger partial charge in [0.05, 0.1) is 6.42 Å². The van der Waals surface area contributed by atoms with Crippen LogP contribution in [0, 0.1) is 0 Å². The minimum absolute atomic E-state index is 3.58. The molecular formula is C9H5F15O4S. The molecule has 0 radical (unpaired) electrons.